The van der Waals surface area contributed by atoms with E-state index in [2.05, 4.69) is 62.9 Å². The molecule has 0 N–H and O–H groups in total. The minimum Gasteiger partial charge on any atom is -0.377 e. The number of rotatable bonds is 5. The molecule has 0 saturated heterocycles. The Morgan fingerprint density at radius 3 is 2.56 bits per heavy atom. The predicted octanol–water partition coefficient (Wildman–Crippen LogP) is 4.38. The normalized spacial score (nSPS) is 9.78. The van der Waals surface area contributed by atoms with Crippen LogP contribution in [0.4, 0.5) is 5.69 Å². The molecule has 0 unspecified atom stereocenters. The van der Waals surface area contributed by atoms with Gasteiger partial charge in [0.05, 0.1) is 5.69 Å². The SMILES string of the molecule is CCCCCCC#Cc1cc(C)ccc1N(C)C. The smallest absolute Gasteiger partial charge is 0.0520 e. The quantitative estimate of drug-likeness (QED) is 0.548. The lowest BCUT2D eigenvalue weighted by Crippen LogP contribution is -2.10. The van der Waals surface area contributed by atoms with Gasteiger partial charge in [0.25, 0.3) is 0 Å². The molecule has 0 amide bonds. The minimum absolute atomic E-state index is 1.01. The fourth-order valence-electron chi connectivity index (χ4n) is 1.94. The van der Waals surface area contributed by atoms with Crippen LogP contribution in [0, 0.1) is 18.8 Å². The second kappa shape index (κ2) is 7.82. The number of unbranched alkanes of at least 4 members (excludes halogenated alkanes) is 4. The van der Waals surface area contributed by atoms with E-state index in [1.165, 1.54) is 36.9 Å². The van der Waals surface area contributed by atoms with Crippen molar-refractivity contribution in [1.29, 1.82) is 0 Å². The van der Waals surface area contributed by atoms with Gasteiger partial charge in [-0.2, -0.15) is 0 Å². The van der Waals surface area contributed by atoms with Crippen molar-refractivity contribution in [3.8, 4) is 11.8 Å². The summed E-state index contributed by atoms with van der Waals surface area (Å²) in [6.07, 6.45) is 6.16. The Morgan fingerprint density at radius 2 is 1.89 bits per heavy atom. The van der Waals surface area contributed by atoms with Crippen LogP contribution in [0.15, 0.2) is 18.2 Å². The van der Waals surface area contributed by atoms with Crippen LogP contribution in [0.3, 0.4) is 0 Å². The van der Waals surface area contributed by atoms with E-state index in [0.29, 0.717) is 0 Å². The van der Waals surface area contributed by atoms with Gasteiger partial charge in [-0.05, 0) is 31.0 Å². The molecule has 0 aliphatic heterocycles. The molecule has 98 valence electrons. The summed E-state index contributed by atoms with van der Waals surface area (Å²) in [6, 6.07) is 6.46. The molecule has 0 atom stereocenters. The molecule has 0 spiro atoms. The van der Waals surface area contributed by atoms with Crippen molar-refractivity contribution in [3.63, 3.8) is 0 Å². The van der Waals surface area contributed by atoms with Gasteiger partial charge in [0.2, 0.25) is 0 Å². The standard InChI is InChI=1S/C17H25N/c1-5-6-7-8-9-10-11-16-14-15(2)12-13-17(16)18(3)4/h12-14H,5-9H2,1-4H3. The molecule has 1 nitrogen and oxygen atoms in total. The lowest BCUT2D eigenvalue weighted by Gasteiger charge is -2.14. The van der Waals surface area contributed by atoms with E-state index < -0.39 is 0 Å². The number of hydrogen-bond donors (Lipinski definition) is 0. The Morgan fingerprint density at radius 1 is 1.11 bits per heavy atom. The van der Waals surface area contributed by atoms with Crippen LogP contribution in [0.1, 0.15) is 50.2 Å². The van der Waals surface area contributed by atoms with Crippen LogP contribution in [0.5, 0.6) is 0 Å². The van der Waals surface area contributed by atoms with E-state index >= 15 is 0 Å². The van der Waals surface area contributed by atoms with Crippen molar-refractivity contribution in [1.82, 2.24) is 0 Å². The van der Waals surface area contributed by atoms with Gasteiger partial charge in [-0.25, -0.2) is 0 Å². The molecule has 1 aromatic rings. The van der Waals surface area contributed by atoms with Crippen molar-refractivity contribution in [2.45, 2.75) is 46.0 Å². The van der Waals surface area contributed by atoms with E-state index in [-0.39, 0.29) is 0 Å². The number of nitrogens with zero attached hydrogens (tertiary/aromatic N) is 1. The number of benzene rings is 1. The van der Waals surface area contributed by atoms with Gasteiger partial charge in [-0.15, -0.1) is 0 Å². The second-order valence-electron chi connectivity index (χ2n) is 5.03. The van der Waals surface area contributed by atoms with Crippen LogP contribution < -0.4 is 4.90 Å². The largest absolute Gasteiger partial charge is 0.377 e. The summed E-state index contributed by atoms with van der Waals surface area (Å²) < 4.78 is 0. The van der Waals surface area contributed by atoms with Crippen molar-refractivity contribution in [2.75, 3.05) is 19.0 Å². The topological polar surface area (TPSA) is 3.24 Å². The van der Waals surface area contributed by atoms with Gasteiger partial charge in [-0.3, -0.25) is 0 Å². The summed E-state index contributed by atoms with van der Waals surface area (Å²) in [6.45, 7) is 4.35. The van der Waals surface area contributed by atoms with E-state index in [9.17, 15) is 0 Å². The molecule has 0 saturated carbocycles. The second-order valence-corrected chi connectivity index (χ2v) is 5.03. The molecule has 1 rings (SSSR count). The first-order chi connectivity index (χ1) is 8.65. The zero-order chi connectivity index (χ0) is 13.4. The van der Waals surface area contributed by atoms with Crippen molar-refractivity contribution in [3.05, 3.63) is 29.3 Å². The summed E-state index contributed by atoms with van der Waals surface area (Å²) in [5, 5.41) is 0. The van der Waals surface area contributed by atoms with Crippen molar-refractivity contribution >= 4 is 5.69 Å². The lowest BCUT2D eigenvalue weighted by molar-refractivity contribution is 0.679. The van der Waals surface area contributed by atoms with Gasteiger partial charge < -0.3 is 4.90 Å². The molecule has 0 aliphatic rings. The Hall–Kier alpha value is -1.42. The highest BCUT2D eigenvalue weighted by atomic mass is 15.1. The Balaban J connectivity index is 2.65. The Bertz CT molecular complexity index is 421. The molecule has 1 aromatic carbocycles. The zero-order valence-corrected chi connectivity index (χ0v) is 12.2. The third kappa shape index (κ3) is 4.84. The Kier molecular flexibility index (Phi) is 6.36. The molecule has 0 bridgehead atoms. The van der Waals surface area contributed by atoms with Gasteiger partial charge in [0.15, 0.2) is 0 Å². The monoisotopic (exact) mass is 243 g/mol. The minimum atomic E-state index is 1.01. The van der Waals surface area contributed by atoms with E-state index in [1.54, 1.807) is 0 Å². The average molecular weight is 243 g/mol. The molecular weight excluding hydrogens is 218 g/mol. The highest BCUT2D eigenvalue weighted by Gasteiger charge is 2.01. The van der Waals surface area contributed by atoms with Gasteiger partial charge in [0, 0.05) is 26.1 Å². The summed E-state index contributed by atoms with van der Waals surface area (Å²) >= 11 is 0. The molecule has 0 radical (unpaired) electrons. The molecule has 18 heavy (non-hydrogen) atoms. The fourth-order valence-corrected chi connectivity index (χ4v) is 1.94. The van der Waals surface area contributed by atoms with Crippen molar-refractivity contribution < 1.29 is 0 Å². The van der Waals surface area contributed by atoms with E-state index in [1.807, 2.05) is 0 Å². The highest BCUT2D eigenvalue weighted by Crippen LogP contribution is 2.18. The fraction of sp³-hybridized carbons (Fsp3) is 0.529. The van der Waals surface area contributed by atoms with Crippen LogP contribution in [-0.2, 0) is 0 Å². The maximum atomic E-state index is 3.32. The first-order valence-corrected chi connectivity index (χ1v) is 6.92. The first kappa shape index (κ1) is 14.6. The third-order valence-corrected chi connectivity index (χ3v) is 3.01. The predicted molar refractivity (Wildman–Crippen MR) is 81.1 cm³/mol. The maximum absolute atomic E-state index is 3.32. The molecular formula is C17H25N. The zero-order valence-electron chi connectivity index (χ0n) is 12.2. The summed E-state index contributed by atoms with van der Waals surface area (Å²) in [5.74, 6) is 6.63. The third-order valence-electron chi connectivity index (χ3n) is 3.01. The molecule has 0 aromatic heterocycles. The molecule has 1 heteroatoms. The van der Waals surface area contributed by atoms with Crippen LogP contribution in [0.25, 0.3) is 0 Å². The van der Waals surface area contributed by atoms with Gasteiger partial charge >= 0.3 is 0 Å². The van der Waals surface area contributed by atoms with Crippen LogP contribution in [-0.4, -0.2) is 14.1 Å². The number of anilines is 1. The summed E-state index contributed by atoms with van der Waals surface area (Å²) in [7, 11) is 4.13. The van der Waals surface area contributed by atoms with Gasteiger partial charge in [-0.1, -0.05) is 44.1 Å². The molecule has 0 heterocycles. The Labute approximate surface area is 112 Å². The lowest BCUT2D eigenvalue weighted by atomic mass is 10.1. The van der Waals surface area contributed by atoms with Gasteiger partial charge in [0.1, 0.15) is 0 Å². The summed E-state index contributed by atoms with van der Waals surface area (Å²) in [4.78, 5) is 2.13. The first-order valence-electron chi connectivity index (χ1n) is 6.92. The molecule has 0 fully saturated rings. The average Bonchev–Trinajstić information content (AvgIpc) is 2.33. The van der Waals surface area contributed by atoms with E-state index in [0.717, 1.165) is 12.0 Å². The van der Waals surface area contributed by atoms with Crippen molar-refractivity contribution in [2.24, 2.45) is 0 Å². The molecule has 0 aliphatic carbocycles. The van der Waals surface area contributed by atoms with Crippen LogP contribution in [0.2, 0.25) is 0 Å². The van der Waals surface area contributed by atoms with Crippen LogP contribution >= 0.6 is 0 Å². The number of hydrogen-bond acceptors (Lipinski definition) is 1. The van der Waals surface area contributed by atoms with E-state index in [4.69, 9.17) is 0 Å². The highest BCUT2D eigenvalue weighted by molar-refractivity contribution is 5.61. The maximum Gasteiger partial charge on any atom is 0.0520 e. The number of aryl methyl sites for hydroxylation is 1. The summed E-state index contributed by atoms with van der Waals surface area (Å²) in [5.41, 5.74) is 3.63.